The van der Waals surface area contributed by atoms with Gasteiger partial charge in [0.05, 0.1) is 30.4 Å². The molecule has 0 atom stereocenters. The molecule has 0 aliphatic heterocycles. The van der Waals surface area contributed by atoms with E-state index in [0.717, 1.165) is 5.69 Å². The van der Waals surface area contributed by atoms with Crippen LogP contribution in [0.4, 0.5) is 0 Å². The zero-order valence-electron chi connectivity index (χ0n) is 11.9. The Bertz CT molecular complexity index is 769. The molecular weight excluding hydrogens is 282 g/mol. The largest absolute Gasteiger partial charge is 0.463 e. The van der Waals surface area contributed by atoms with Gasteiger partial charge in [-0.1, -0.05) is 0 Å². The van der Waals surface area contributed by atoms with Gasteiger partial charge in [-0.2, -0.15) is 0 Å². The lowest BCUT2D eigenvalue weighted by atomic mass is 10.2. The van der Waals surface area contributed by atoms with Crippen molar-refractivity contribution in [3.8, 4) is 11.5 Å². The first-order valence-corrected chi connectivity index (χ1v) is 6.64. The fourth-order valence-corrected chi connectivity index (χ4v) is 1.88. The molecule has 0 radical (unpaired) electrons. The molecule has 0 unspecified atom stereocenters. The summed E-state index contributed by atoms with van der Waals surface area (Å²) in [4.78, 5) is 28.6. The summed E-state index contributed by atoms with van der Waals surface area (Å²) in [5.41, 5.74) is 2.23. The Hall–Kier alpha value is -3.09. The average molecular weight is 295 g/mol. The number of carbonyl (C=O) groups excluding carboxylic acids is 1. The summed E-state index contributed by atoms with van der Waals surface area (Å²) in [7, 11) is 0. The van der Waals surface area contributed by atoms with Crippen molar-refractivity contribution in [2.45, 2.75) is 13.5 Å². The van der Waals surface area contributed by atoms with Crippen molar-refractivity contribution < 1.29 is 9.21 Å². The van der Waals surface area contributed by atoms with Crippen LogP contribution in [0.2, 0.25) is 0 Å². The van der Waals surface area contributed by atoms with Crippen molar-refractivity contribution in [1.82, 2.24) is 25.3 Å². The molecule has 7 nitrogen and oxygen atoms in total. The Morgan fingerprint density at radius 1 is 1.18 bits per heavy atom. The minimum Gasteiger partial charge on any atom is -0.463 e. The third-order valence-corrected chi connectivity index (χ3v) is 2.96. The summed E-state index contributed by atoms with van der Waals surface area (Å²) in [5.74, 6) is 0.288. The van der Waals surface area contributed by atoms with Crippen LogP contribution in [0.25, 0.3) is 11.5 Å². The highest BCUT2D eigenvalue weighted by molar-refractivity contribution is 5.91. The van der Waals surface area contributed by atoms with Gasteiger partial charge in [0, 0.05) is 18.6 Å². The normalized spacial score (nSPS) is 10.4. The average Bonchev–Trinajstić information content (AvgIpc) is 3.08. The molecular formula is C15H13N5O2. The van der Waals surface area contributed by atoms with E-state index in [1.165, 1.54) is 6.20 Å². The number of rotatable bonds is 4. The summed E-state index contributed by atoms with van der Waals surface area (Å²) < 4.78 is 5.33. The zero-order chi connectivity index (χ0) is 15.4. The molecule has 0 bridgehead atoms. The van der Waals surface area contributed by atoms with Crippen molar-refractivity contribution in [3.05, 3.63) is 60.3 Å². The van der Waals surface area contributed by atoms with Crippen LogP contribution in [0, 0.1) is 6.92 Å². The lowest BCUT2D eigenvalue weighted by Gasteiger charge is -2.07. The van der Waals surface area contributed by atoms with Crippen LogP contribution in [-0.2, 0) is 6.54 Å². The topological polar surface area (TPSA) is 93.8 Å². The van der Waals surface area contributed by atoms with Crippen molar-refractivity contribution in [2.75, 3.05) is 0 Å². The number of hydrogen-bond acceptors (Lipinski definition) is 6. The number of furan rings is 1. The van der Waals surface area contributed by atoms with E-state index in [1.54, 1.807) is 37.0 Å². The van der Waals surface area contributed by atoms with E-state index in [4.69, 9.17) is 4.42 Å². The van der Waals surface area contributed by atoms with Gasteiger partial charge in [-0.3, -0.25) is 14.8 Å². The fourth-order valence-electron chi connectivity index (χ4n) is 1.88. The van der Waals surface area contributed by atoms with Gasteiger partial charge in [-0.05, 0) is 19.1 Å². The third kappa shape index (κ3) is 2.98. The van der Waals surface area contributed by atoms with Gasteiger partial charge in [0.1, 0.15) is 11.4 Å². The standard InChI is InChI=1S/C15H13N5O2/c1-10-7-19-12(9-18-10)15(21)20-8-11-14(17-5-4-16-11)13-3-2-6-22-13/h2-7,9H,8H2,1H3,(H,20,21). The molecule has 3 aromatic heterocycles. The van der Waals surface area contributed by atoms with E-state index in [2.05, 4.69) is 25.3 Å². The predicted octanol–water partition coefficient (Wildman–Crippen LogP) is 1.77. The molecule has 0 aromatic carbocycles. The summed E-state index contributed by atoms with van der Waals surface area (Å²) in [6.07, 6.45) is 7.70. The van der Waals surface area contributed by atoms with E-state index >= 15 is 0 Å². The Morgan fingerprint density at radius 3 is 2.77 bits per heavy atom. The first-order valence-electron chi connectivity index (χ1n) is 6.64. The number of nitrogens with zero attached hydrogens (tertiary/aromatic N) is 4. The maximum Gasteiger partial charge on any atom is 0.271 e. The van der Waals surface area contributed by atoms with Crippen LogP contribution in [0.1, 0.15) is 21.9 Å². The van der Waals surface area contributed by atoms with Gasteiger partial charge >= 0.3 is 0 Å². The van der Waals surface area contributed by atoms with Crippen LogP contribution in [0.15, 0.2) is 47.6 Å². The van der Waals surface area contributed by atoms with E-state index in [1.807, 2.05) is 6.92 Å². The first kappa shape index (κ1) is 13.9. The molecule has 0 aliphatic carbocycles. The SMILES string of the molecule is Cc1cnc(C(=O)NCc2nccnc2-c2ccco2)cn1. The molecule has 0 spiro atoms. The summed E-state index contributed by atoms with van der Waals surface area (Å²) >= 11 is 0. The molecule has 0 aliphatic rings. The number of aromatic nitrogens is 4. The van der Waals surface area contributed by atoms with E-state index in [9.17, 15) is 4.79 Å². The summed E-state index contributed by atoms with van der Waals surface area (Å²) in [6, 6.07) is 3.56. The number of carbonyl (C=O) groups is 1. The maximum absolute atomic E-state index is 12.0. The highest BCUT2D eigenvalue weighted by Crippen LogP contribution is 2.19. The highest BCUT2D eigenvalue weighted by atomic mass is 16.3. The molecule has 3 aromatic rings. The van der Waals surface area contributed by atoms with E-state index in [-0.39, 0.29) is 18.1 Å². The monoisotopic (exact) mass is 295 g/mol. The smallest absolute Gasteiger partial charge is 0.271 e. The minimum absolute atomic E-state index is 0.220. The lowest BCUT2D eigenvalue weighted by Crippen LogP contribution is -2.25. The molecule has 0 saturated carbocycles. The first-order chi connectivity index (χ1) is 10.7. The van der Waals surface area contributed by atoms with Crippen molar-refractivity contribution in [2.24, 2.45) is 0 Å². The Labute approximate surface area is 126 Å². The molecule has 22 heavy (non-hydrogen) atoms. The van der Waals surface area contributed by atoms with Gasteiger partial charge in [-0.25, -0.2) is 9.97 Å². The molecule has 110 valence electrons. The second-order valence-electron chi connectivity index (χ2n) is 4.55. The van der Waals surface area contributed by atoms with Crippen LogP contribution in [0.5, 0.6) is 0 Å². The van der Waals surface area contributed by atoms with Crippen molar-refractivity contribution in [1.29, 1.82) is 0 Å². The lowest BCUT2D eigenvalue weighted by molar-refractivity contribution is 0.0945. The van der Waals surface area contributed by atoms with Crippen LogP contribution in [0.3, 0.4) is 0 Å². The molecule has 3 rings (SSSR count). The molecule has 7 heteroatoms. The molecule has 0 fully saturated rings. The van der Waals surface area contributed by atoms with Gasteiger partial charge in [0.2, 0.25) is 0 Å². The number of aryl methyl sites for hydroxylation is 1. The minimum atomic E-state index is -0.316. The highest BCUT2D eigenvalue weighted by Gasteiger charge is 2.13. The second-order valence-corrected chi connectivity index (χ2v) is 4.55. The van der Waals surface area contributed by atoms with Crippen molar-refractivity contribution >= 4 is 5.91 Å². The van der Waals surface area contributed by atoms with E-state index in [0.29, 0.717) is 17.1 Å². The van der Waals surface area contributed by atoms with Gasteiger partial charge in [-0.15, -0.1) is 0 Å². The maximum atomic E-state index is 12.0. The number of nitrogens with one attached hydrogen (secondary N) is 1. The second kappa shape index (κ2) is 6.13. The van der Waals surface area contributed by atoms with Crippen LogP contribution < -0.4 is 5.32 Å². The number of amides is 1. The van der Waals surface area contributed by atoms with Crippen LogP contribution >= 0.6 is 0 Å². The van der Waals surface area contributed by atoms with Crippen molar-refractivity contribution in [3.63, 3.8) is 0 Å². The molecule has 3 heterocycles. The summed E-state index contributed by atoms with van der Waals surface area (Å²) in [6.45, 7) is 2.03. The predicted molar refractivity (Wildman–Crippen MR) is 77.7 cm³/mol. The third-order valence-electron chi connectivity index (χ3n) is 2.96. The molecule has 1 amide bonds. The van der Waals surface area contributed by atoms with Gasteiger partial charge in [0.15, 0.2) is 5.76 Å². The molecule has 0 saturated heterocycles. The Kier molecular flexibility index (Phi) is 3.86. The zero-order valence-corrected chi connectivity index (χ0v) is 11.9. The van der Waals surface area contributed by atoms with Crippen LogP contribution in [-0.4, -0.2) is 25.8 Å². The number of hydrogen-bond donors (Lipinski definition) is 1. The van der Waals surface area contributed by atoms with Gasteiger partial charge < -0.3 is 9.73 Å². The molecule has 1 N–H and O–H groups in total. The van der Waals surface area contributed by atoms with Gasteiger partial charge in [0.25, 0.3) is 5.91 Å². The Morgan fingerprint density at radius 2 is 2.05 bits per heavy atom. The summed E-state index contributed by atoms with van der Waals surface area (Å²) in [5, 5.41) is 2.75. The van der Waals surface area contributed by atoms with E-state index < -0.39 is 0 Å². The Balaban J connectivity index is 1.74. The fraction of sp³-hybridized carbons (Fsp3) is 0.133. The quantitative estimate of drug-likeness (QED) is 0.788.